The van der Waals surface area contributed by atoms with Gasteiger partial charge < -0.3 is 15.1 Å². The summed E-state index contributed by atoms with van der Waals surface area (Å²) in [5.41, 5.74) is 3.63. The predicted octanol–water partition coefficient (Wildman–Crippen LogP) is 4.52. The van der Waals surface area contributed by atoms with Crippen LogP contribution in [0, 0.1) is 13.8 Å². The van der Waals surface area contributed by atoms with Crippen LogP contribution >= 0.6 is 0 Å². The summed E-state index contributed by atoms with van der Waals surface area (Å²) in [4.78, 5) is 25.0. The van der Waals surface area contributed by atoms with Gasteiger partial charge in [0.1, 0.15) is 5.58 Å². The highest BCUT2D eigenvalue weighted by Gasteiger charge is 2.25. The molecule has 2 aromatic carbocycles. The summed E-state index contributed by atoms with van der Waals surface area (Å²) < 4.78 is 5.69. The summed E-state index contributed by atoms with van der Waals surface area (Å²) in [5.74, 6) is 0.144. The molecule has 1 aliphatic rings. The second-order valence-corrected chi connectivity index (χ2v) is 8.02. The fourth-order valence-electron chi connectivity index (χ4n) is 3.97. The highest BCUT2D eigenvalue weighted by molar-refractivity contribution is 5.96. The number of hydrogen-bond acceptors (Lipinski definition) is 3. The van der Waals surface area contributed by atoms with E-state index in [1.54, 1.807) is 6.07 Å². The highest BCUT2D eigenvalue weighted by atomic mass is 16.3. The average Bonchev–Trinajstić information content (AvgIpc) is 3.13. The molecule has 29 heavy (non-hydrogen) atoms. The van der Waals surface area contributed by atoms with Gasteiger partial charge in [-0.2, -0.15) is 0 Å². The predicted molar refractivity (Wildman–Crippen MR) is 113 cm³/mol. The number of rotatable bonds is 4. The van der Waals surface area contributed by atoms with E-state index in [9.17, 15) is 9.59 Å². The van der Waals surface area contributed by atoms with Crippen molar-refractivity contribution in [2.45, 2.75) is 51.6 Å². The molecule has 1 saturated carbocycles. The van der Waals surface area contributed by atoms with Crippen molar-refractivity contribution in [2.24, 2.45) is 0 Å². The Hall–Kier alpha value is -3.08. The number of carbonyl (C=O) groups is 2. The fraction of sp³-hybridized carbons (Fsp3) is 0.333. The van der Waals surface area contributed by atoms with Gasteiger partial charge in [-0.05, 0) is 69.9 Å². The lowest BCUT2D eigenvalue weighted by atomic mass is 9.91. The Balaban J connectivity index is 1.30. The first kappa shape index (κ1) is 19.2. The van der Waals surface area contributed by atoms with Crippen molar-refractivity contribution < 1.29 is 14.0 Å². The number of benzene rings is 2. The van der Waals surface area contributed by atoms with Gasteiger partial charge >= 0.3 is 0 Å². The molecular weight excluding hydrogens is 364 g/mol. The molecule has 0 aliphatic heterocycles. The zero-order valence-electron chi connectivity index (χ0n) is 16.8. The molecule has 1 aliphatic carbocycles. The van der Waals surface area contributed by atoms with Crippen LogP contribution in [0.1, 0.15) is 57.7 Å². The quantitative estimate of drug-likeness (QED) is 0.688. The molecule has 0 atom stereocenters. The summed E-state index contributed by atoms with van der Waals surface area (Å²) in [7, 11) is 0. The number of nitrogens with one attached hydrogen (secondary N) is 2. The number of aryl methyl sites for hydroxylation is 2. The van der Waals surface area contributed by atoms with Crippen LogP contribution in [0.3, 0.4) is 0 Å². The monoisotopic (exact) mass is 390 g/mol. The number of amides is 2. The van der Waals surface area contributed by atoms with Crippen LogP contribution in [-0.2, 0) is 0 Å². The highest BCUT2D eigenvalue weighted by Crippen LogP contribution is 2.23. The van der Waals surface area contributed by atoms with E-state index in [4.69, 9.17) is 4.42 Å². The van der Waals surface area contributed by atoms with Gasteiger partial charge in [0.15, 0.2) is 5.76 Å². The van der Waals surface area contributed by atoms with Crippen molar-refractivity contribution in [3.8, 4) is 0 Å². The summed E-state index contributed by atoms with van der Waals surface area (Å²) in [6.45, 7) is 4.00. The minimum atomic E-state index is -0.175. The van der Waals surface area contributed by atoms with E-state index < -0.39 is 0 Å². The van der Waals surface area contributed by atoms with Crippen molar-refractivity contribution in [1.82, 2.24) is 10.6 Å². The SMILES string of the molecule is Cc1cccc(C(=O)NC2CCC(NC(=O)c3cc4cc(C)ccc4o3)CC2)c1. The van der Waals surface area contributed by atoms with E-state index in [0.717, 1.165) is 47.8 Å². The van der Waals surface area contributed by atoms with Crippen molar-refractivity contribution in [3.63, 3.8) is 0 Å². The topological polar surface area (TPSA) is 71.3 Å². The molecule has 2 N–H and O–H groups in total. The zero-order chi connectivity index (χ0) is 20.4. The van der Waals surface area contributed by atoms with E-state index in [1.807, 2.05) is 56.3 Å². The summed E-state index contributed by atoms with van der Waals surface area (Å²) in [6.07, 6.45) is 3.37. The summed E-state index contributed by atoms with van der Waals surface area (Å²) >= 11 is 0. The van der Waals surface area contributed by atoms with E-state index in [2.05, 4.69) is 10.6 Å². The number of carbonyl (C=O) groups excluding carboxylic acids is 2. The third kappa shape index (κ3) is 4.50. The maximum atomic E-state index is 12.6. The van der Waals surface area contributed by atoms with E-state index in [0.29, 0.717) is 11.3 Å². The number of hydrogen-bond donors (Lipinski definition) is 2. The molecular formula is C24H26N2O3. The molecule has 4 rings (SSSR count). The largest absolute Gasteiger partial charge is 0.451 e. The normalized spacial score (nSPS) is 19.1. The van der Waals surface area contributed by atoms with Crippen LogP contribution in [0.2, 0.25) is 0 Å². The van der Waals surface area contributed by atoms with Gasteiger partial charge in [0.25, 0.3) is 11.8 Å². The zero-order valence-corrected chi connectivity index (χ0v) is 16.8. The van der Waals surface area contributed by atoms with Gasteiger partial charge in [0.05, 0.1) is 0 Å². The van der Waals surface area contributed by atoms with E-state index in [1.165, 1.54) is 0 Å². The lowest BCUT2D eigenvalue weighted by Crippen LogP contribution is -2.43. The Kier molecular flexibility index (Phi) is 5.38. The van der Waals surface area contributed by atoms with Crippen LogP contribution < -0.4 is 10.6 Å². The molecule has 1 aromatic heterocycles. The average molecular weight is 390 g/mol. The third-order valence-electron chi connectivity index (χ3n) is 5.57. The number of fused-ring (bicyclic) bond motifs is 1. The Bertz CT molecular complexity index is 1050. The Morgan fingerprint density at radius 2 is 1.48 bits per heavy atom. The Morgan fingerprint density at radius 1 is 0.828 bits per heavy atom. The second kappa shape index (κ2) is 8.11. The van der Waals surface area contributed by atoms with Gasteiger partial charge in [0, 0.05) is 23.0 Å². The van der Waals surface area contributed by atoms with Crippen LogP contribution in [0.5, 0.6) is 0 Å². The first-order chi connectivity index (χ1) is 14.0. The van der Waals surface area contributed by atoms with Crippen molar-refractivity contribution in [1.29, 1.82) is 0 Å². The summed E-state index contributed by atoms with van der Waals surface area (Å²) in [6, 6.07) is 15.5. The lowest BCUT2D eigenvalue weighted by molar-refractivity contribution is 0.0877. The summed E-state index contributed by atoms with van der Waals surface area (Å²) in [5, 5.41) is 7.14. The molecule has 150 valence electrons. The van der Waals surface area contributed by atoms with Crippen molar-refractivity contribution in [3.05, 3.63) is 71.0 Å². The maximum Gasteiger partial charge on any atom is 0.287 e. The van der Waals surface area contributed by atoms with Gasteiger partial charge in [-0.25, -0.2) is 0 Å². The van der Waals surface area contributed by atoms with Crippen molar-refractivity contribution in [2.75, 3.05) is 0 Å². The first-order valence-corrected chi connectivity index (χ1v) is 10.2. The van der Waals surface area contributed by atoms with Gasteiger partial charge in [-0.15, -0.1) is 0 Å². The van der Waals surface area contributed by atoms with Crippen LogP contribution in [0.25, 0.3) is 11.0 Å². The molecule has 2 amide bonds. The molecule has 0 saturated heterocycles. The Morgan fingerprint density at radius 3 is 2.17 bits per heavy atom. The minimum Gasteiger partial charge on any atom is -0.451 e. The number of furan rings is 1. The minimum absolute atomic E-state index is 0.0289. The maximum absolute atomic E-state index is 12.6. The van der Waals surface area contributed by atoms with E-state index >= 15 is 0 Å². The third-order valence-corrected chi connectivity index (χ3v) is 5.57. The van der Waals surface area contributed by atoms with Crippen LogP contribution in [0.4, 0.5) is 0 Å². The molecule has 3 aromatic rings. The van der Waals surface area contributed by atoms with Crippen molar-refractivity contribution >= 4 is 22.8 Å². The second-order valence-electron chi connectivity index (χ2n) is 8.02. The molecule has 0 unspecified atom stereocenters. The molecule has 1 fully saturated rings. The van der Waals surface area contributed by atoms with E-state index in [-0.39, 0.29) is 23.9 Å². The first-order valence-electron chi connectivity index (χ1n) is 10.2. The standard InChI is InChI=1S/C24H26N2O3/c1-15-4-3-5-17(12-15)23(27)25-19-7-9-20(10-8-19)26-24(28)22-14-18-13-16(2)6-11-21(18)29-22/h3-6,11-14,19-20H,7-10H2,1-2H3,(H,25,27)(H,26,28). The fourth-order valence-corrected chi connectivity index (χ4v) is 3.97. The lowest BCUT2D eigenvalue weighted by Gasteiger charge is -2.29. The molecule has 0 spiro atoms. The Labute approximate surface area is 170 Å². The van der Waals surface area contributed by atoms with Gasteiger partial charge in [0.2, 0.25) is 0 Å². The van der Waals surface area contributed by atoms with Gasteiger partial charge in [-0.1, -0.05) is 29.3 Å². The molecule has 5 nitrogen and oxygen atoms in total. The van der Waals surface area contributed by atoms with Crippen LogP contribution in [-0.4, -0.2) is 23.9 Å². The van der Waals surface area contributed by atoms with Gasteiger partial charge in [-0.3, -0.25) is 9.59 Å². The molecule has 0 radical (unpaired) electrons. The molecule has 1 heterocycles. The molecule has 0 bridgehead atoms. The smallest absolute Gasteiger partial charge is 0.287 e. The van der Waals surface area contributed by atoms with Crippen LogP contribution in [0.15, 0.2) is 52.9 Å². The molecule has 5 heteroatoms.